The van der Waals surface area contributed by atoms with Gasteiger partial charge in [0.05, 0.1) is 25.6 Å². The van der Waals surface area contributed by atoms with Crippen LogP contribution in [0, 0.1) is 0 Å². The van der Waals surface area contributed by atoms with Crippen molar-refractivity contribution in [1.29, 1.82) is 0 Å². The smallest absolute Gasteiger partial charge is 0.216 e. The van der Waals surface area contributed by atoms with Gasteiger partial charge in [0.2, 0.25) is 5.91 Å². The van der Waals surface area contributed by atoms with Gasteiger partial charge in [0, 0.05) is 25.1 Å². The number of hydrogen-bond donors (Lipinski definition) is 1. The summed E-state index contributed by atoms with van der Waals surface area (Å²) >= 11 is 0. The molecule has 0 aliphatic carbocycles. The molecule has 1 saturated heterocycles. The Balaban J connectivity index is 1.66. The van der Waals surface area contributed by atoms with E-state index in [9.17, 15) is 4.79 Å². The Hall–Kier alpha value is -2.93. The Morgan fingerprint density at radius 3 is 2.04 bits per heavy atom. The average Bonchev–Trinajstić information content (AvgIpc) is 3.75. The summed E-state index contributed by atoms with van der Waals surface area (Å²) in [7, 11) is -5.18. The van der Waals surface area contributed by atoms with Crippen LogP contribution in [-0.2, 0) is 29.2 Å². The van der Waals surface area contributed by atoms with Gasteiger partial charge < -0.3 is 28.1 Å². The molecule has 1 amide bonds. The largest absolute Gasteiger partial charge is 0.497 e. The van der Waals surface area contributed by atoms with E-state index in [-0.39, 0.29) is 33.2 Å². The van der Waals surface area contributed by atoms with Crippen LogP contribution in [-0.4, -0.2) is 93.5 Å². The Morgan fingerprint density at radius 1 is 0.857 bits per heavy atom. The lowest BCUT2D eigenvalue weighted by molar-refractivity contribution is -0.118. The lowest BCUT2D eigenvalue weighted by Crippen LogP contribution is -2.54. The number of ether oxygens (including phenoxy) is 2. The molecule has 4 atom stereocenters. The van der Waals surface area contributed by atoms with E-state index >= 15 is 0 Å². The number of hydrogen-bond acceptors (Lipinski definition) is 9. The fourth-order valence-corrected chi connectivity index (χ4v) is 9.85. The van der Waals surface area contributed by atoms with E-state index in [1.807, 2.05) is 29.1 Å². The Labute approximate surface area is 337 Å². The second-order valence-electron chi connectivity index (χ2n) is 20.0. The topological polar surface area (TPSA) is 124 Å². The van der Waals surface area contributed by atoms with Crippen molar-refractivity contribution >= 4 is 52.9 Å². The van der Waals surface area contributed by atoms with E-state index in [1.165, 1.54) is 6.92 Å². The van der Waals surface area contributed by atoms with Crippen LogP contribution in [0.3, 0.4) is 0 Å². The number of carbonyl (C=O) groups excluding carboxylic acids is 1. The minimum absolute atomic E-state index is 0.0310. The summed E-state index contributed by atoms with van der Waals surface area (Å²) < 4.78 is 38.6. The molecule has 0 unspecified atom stereocenters. The summed E-state index contributed by atoms with van der Waals surface area (Å²) in [5.74, 6) is 1.33. The fraction of sp³-hybridized carbons (Fsp3) is 0.659. The third kappa shape index (κ3) is 8.88. The standard InChI is InChI=1S/C41H68N6O6Si3/c1-27(48)42-21-20-28-23-46(31-19-18-29(49-11)22-30(28)31)36-33-37(44-25-43-36)47(26-45-33)38-35(53-56(16,17)41(8,9)10)34(52-55(14,15)40(5,6)7)32(51-38)24-50-54(12,13)39(2,3)4/h18-19,22-23,25-26,32,34-35,38H,20-21,24H2,1-17H3,(H,42,48)/t32-,34-,35-,38-/m1/s1. The van der Waals surface area contributed by atoms with E-state index < -0.39 is 37.3 Å². The van der Waals surface area contributed by atoms with E-state index in [1.54, 1.807) is 13.4 Å². The van der Waals surface area contributed by atoms with Crippen molar-refractivity contribution in [1.82, 2.24) is 29.4 Å². The third-order valence-electron chi connectivity index (χ3n) is 12.9. The number of nitrogens with zero attached hydrogens (tertiary/aromatic N) is 5. The minimum atomic E-state index is -2.38. The molecule has 1 aromatic carbocycles. The molecule has 4 aromatic rings. The zero-order valence-corrected chi connectivity index (χ0v) is 40.1. The van der Waals surface area contributed by atoms with Gasteiger partial charge in [0.25, 0.3) is 0 Å². The lowest BCUT2D eigenvalue weighted by Gasteiger charge is -2.44. The number of benzene rings is 1. The van der Waals surface area contributed by atoms with Crippen molar-refractivity contribution in [2.45, 2.75) is 155 Å². The molecule has 0 saturated carbocycles. The van der Waals surface area contributed by atoms with E-state index in [0.29, 0.717) is 36.6 Å². The fourth-order valence-electron chi connectivity index (χ4n) is 6.23. The number of rotatable bonds is 13. The first-order chi connectivity index (χ1) is 25.7. The maximum atomic E-state index is 11.7. The van der Waals surface area contributed by atoms with Crippen LogP contribution in [0.15, 0.2) is 37.1 Å². The van der Waals surface area contributed by atoms with Crippen LogP contribution >= 0.6 is 0 Å². The number of methoxy groups -OCH3 is 1. The molecule has 1 aliphatic rings. The summed E-state index contributed by atoms with van der Waals surface area (Å²) in [4.78, 5) is 26.3. The third-order valence-corrected chi connectivity index (χ3v) is 26.3. The molecule has 0 spiro atoms. The number of fused-ring (bicyclic) bond motifs is 2. The molecular weight excluding hydrogens is 757 g/mol. The molecule has 56 heavy (non-hydrogen) atoms. The molecule has 1 aliphatic heterocycles. The van der Waals surface area contributed by atoms with Crippen LogP contribution in [0.5, 0.6) is 5.75 Å². The normalized spacial score (nSPS) is 20.3. The van der Waals surface area contributed by atoms with Crippen molar-refractivity contribution in [2.75, 3.05) is 20.3 Å². The first-order valence-corrected chi connectivity index (χ1v) is 28.7. The second-order valence-corrected chi connectivity index (χ2v) is 34.3. The predicted molar refractivity (Wildman–Crippen MR) is 232 cm³/mol. The first-order valence-electron chi connectivity index (χ1n) is 19.9. The highest BCUT2D eigenvalue weighted by Crippen LogP contribution is 2.47. The molecule has 1 fully saturated rings. The molecule has 310 valence electrons. The Bertz CT molecular complexity index is 2020. The van der Waals surface area contributed by atoms with Crippen molar-refractivity contribution in [2.24, 2.45) is 0 Å². The SMILES string of the molecule is COc1ccc2c(c1)c(CCNC(C)=O)cn2-c1ncnc2c1ncn2[C@@H]1O[C@H](CO[Si](C)(C)C(C)(C)C)[C@@H](O[Si](C)(C)C(C)(C)C)[C@H]1O[Si](C)(C)C(C)(C)C. The number of nitrogens with one attached hydrogen (secondary N) is 1. The van der Waals surface area contributed by atoms with Crippen molar-refractivity contribution in [3.63, 3.8) is 0 Å². The minimum Gasteiger partial charge on any atom is -0.497 e. The molecule has 0 bridgehead atoms. The predicted octanol–water partition coefficient (Wildman–Crippen LogP) is 9.16. The number of aromatic nitrogens is 5. The highest BCUT2D eigenvalue weighted by Gasteiger charge is 2.55. The highest BCUT2D eigenvalue weighted by atomic mass is 28.4. The highest BCUT2D eigenvalue weighted by molar-refractivity contribution is 6.75. The summed E-state index contributed by atoms with van der Waals surface area (Å²) in [6.45, 7) is 36.5. The molecular formula is C41H68N6O6Si3. The molecule has 15 heteroatoms. The van der Waals surface area contributed by atoms with Crippen LogP contribution in [0.2, 0.25) is 54.4 Å². The second kappa shape index (κ2) is 15.7. The maximum Gasteiger partial charge on any atom is 0.216 e. The first kappa shape index (κ1) is 44.2. The quantitative estimate of drug-likeness (QED) is 0.132. The number of imidazole rings is 1. The van der Waals surface area contributed by atoms with Gasteiger partial charge in [-0.1, -0.05) is 62.3 Å². The molecule has 1 N–H and O–H groups in total. The van der Waals surface area contributed by atoms with Gasteiger partial charge in [-0.05, 0) is 84.6 Å². The van der Waals surface area contributed by atoms with Crippen molar-refractivity contribution in [3.8, 4) is 11.6 Å². The summed E-state index contributed by atoms with van der Waals surface area (Å²) in [5, 5.41) is 3.87. The van der Waals surface area contributed by atoms with Gasteiger partial charge in [-0.3, -0.25) is 13.9 Å². The molecule has 5 rings (SSSR count). The number of carbonyl (C=O) groups is 1. The van der Waals surface area contributed by atoms with E-state index in [0.717, 1.165) is 22.2 Å². The zero-order chi connectivity index (χ0) is 41.8. The Morgan fingerprint density at radius 2 is 1.46 bits per heavy atom. The number of amides is 1. The zero-order valence-electron chi connectivity index (χ0n) is 37.1. The van der Waals surface area contributed by atoms with Gasteiger partial charge >= 0.3 is 0 Å². The van der Waals surface area contributed by atoms with Gasteiger partial charge in [-0.2, -0.15) is 0 Å². The Kier molecular flexibility index (Phi) is 12.4. The van der Waals surface area contributed by atoms with Crippen molar-refractivity contribution in [3.05, 3.63) is 42.6 Å². The van der Waals surface area contributed by atoms with Crippen molar-refractivity contribution < 1.29 is 27.5 Å². The molecule has 3 aromatic heterocycles. The summed E-state index contributed by atoms with van der Waals surface area (Å²) in [6, 6.07) is 5.99. The summed E-state index contributed by atoms with van der Waals surface area (Å²) in [6.07, 6.45) is 4.30. The van der Waals surface area contributed by atoms with E-state index in [4.69, 9.17) is 37.7 Å². The molecule has 0 radical (unpaired) electrons. The van der Waals surface area contributed by atoms with Crippen LogP contribution in [0.4, 0.5) is 0 Å². The van der Waals surface area contributed by atoms with Gasteiger partial charge in [-0.25, -0.2) is 15.0 Å². The van der Waals surface area contributed by atoms with Gasteiger partial charge in [-0.15, -0.1) is 0 Å². The molecule has 4 heterocycles. The van der Waals surface area contributed by atoms with E-state index in [2.05, 4.69) is 118 Å². The van der Waals surface area contributed by atoms with Crippen LogP contribution < -0.4 is 10.1 Å². The molecule has 12 nitrogen and oxygen atoms in total. The maximum absolute atomic E-state index is 11.7. The average molecular weight is 825 g/mol. The van der Waals surface area contributed by atoms with Crippen LogP contribution in [0.1, 0.15) is 81.0 Å². The lowest BCUT2D eigenvalue weighted by atomic mass is 10.1. The van der Waals surface area contributed by atoms with Gasteiger partial charge in [0.1, 0.15) is 30.4 Å². The monoisotopic (exact) mass is 824 g/mol. The van der Waals surface area contributed by atoms with Crippen LogP contribution in [0.25, 0.3) is 27.9 Å². The summed E-state index contributed by atoms with van der Waals surface area (Å²) in [5.41, 5.74) is 3.26. The van der Waals surface area contributed by atoms with Gasteiger partial charge in [0.15, 0.2) is 48.2 Å².